The quantitative estimate of drug-likeness (QED) is 0.864. The third-order valence-electron chi connectivity index (χ3n) is 3.64. The highest BCUT2D eigenvalue weighted by Gasteiger charge is 2.20. The molecule has 0 saturated carbocycles. The lowest BCUT2D eigenvalue weighted by Gasteiger charge is -2.13. The zero-order valence-corrected chi connectivity index (χ0v) is 13.4. The van der Waals surface area contributed by atoms with Crippen molar-refractivity contribution in [2.24, 2.45) is 0 Å². The van der Waals surface area contributed by atoms with Gasteiger partial charge < -0.3 is 4.90 Å². The van der Waals surface area contributed by atoms with Gasteiger partial charge in [-0.2, -0.15) is 0 Å². The SMILES string of the molecule is Cc1cc(-c2csc(CCN3CCCC3=O)n2)c(C)s1. The third kappa shape index (κ3) is 2.79. The number of amides is 1. The second-order valence-corrected chi connectivity index (χ2v) is 7.59. The van der Waals surface area contributed by atoms with Crippen molar-refractivity contribution < 1.29 is 4.79 Å². The molecule has 3 nitrogen and oxygen atoms in total. The van der Waals surface area contributed by atoms with Gasteiger partial charge in [0.15, 0.2) is 0 Å². The monoisotopic (exact) mass is 306 g/mol. The Balaban J connectivity index is 1.68. The molecular formula is C15H18N2OS2. The maximum absolute atomic E-state index is 11.6. The van der Waals surface area contributed by atoms with Crippen LogP contribution in [0.1, 0.15) is 27.6 Å². The predicted octanol–water partition coefficient (Wildman–Crippen LogP) is 3.65. The minimum atomic E-state index is 0.297. The molecule has 0 radical (unpaired) electrons. The van der Waals surface area contributed by atoms with Crippen molar-refractivity contribution in [3.05, 3.63) is 26.2 Å². The maximum Gasteiger partial charge on any atom is 0.222 e. The van der Waals surface area contributed by atoms with E-state index in [1.54, 1.807) is 11.3 Å². The molecule has 0 atom stereocenters. The highest BCUT2D eigenvalue weighted by Crippen LogP contribution is 2.31. The van der Waals surface area contributed by atoms with Crippen LogP contribution in [0.4, 0.5) is 0 Å². The van der Waals surface area contributed by atoms with Gasteiger partial charge in [-0.1, -0.05) is 0 Å². The molecule has 3 heterocycles. The summed E-state index contributed by atoms with van der Waals surface area (Å²) in [4.78, 5) is 20.9. The van der Waals surface area contributed by atoms with Gasteiger partial charge in [-0.25, -0.2) is 4.98 Å². The highest BCUT2D eigenvalue weighted by molar-refractivity contribution is 7.12. The smallest absolute Gasteiger partial charge is 0.222 e. The van der Waals surface area contributed by atoms with Crippen molar-refractivity contribution in [2.45, 2.75) is 33.1 Å². The summed E-state index contributed by atoms with van der Waals surface area (Å²) in [6.07, 6.45) is 2.60. The first-order valence-electron chi connectivity index (χ1n) is 6.93. The molecule has 1 amide bonds. The maximum atomic E-state index is 11.6. The number of aryl methyl sites for hydroxylation is 2. The van der Waals surface area contributed by atoms with Crippen LogP contribution in [0.15, 0.2) is 11.4 Å². The molecule has 0 aromatic carbocycles. The zero-order chi connectivity index (χ0) is 14.1. The number of carbonyl (C=O) groups excluding carboxylic acids is 1. The summed E-state index contributed by atoms with van der Waals surface area (Å²) in [5, 5.41) is 3.26. The van der Waals surface area contributed by atoms with E-state index in [1.807, 2.05) is 16.2 Å². The average Bonchev–Trinajstić information content (AvgIpc) is 3.08. The minimum absolute atomic E-state index is 0.297. The van der Waals surface area contributed by atoms with Gasteiger partial charge in [-0.3, -0.25) is 4.79 Å². The van der Waals surface area contributed by atoms with Crippen molar-refractivity contribution in [1.29, 1.82) is 0 Å². The number of rotatable bonds is 4. The van der Waals surface area contributed by atoms with Gasteiger partial charge in [0.25, 0.3) is 0 Å². The molecule has 0 bridgehead atoms. The van der Waals surface area contributed by atoms with Crippen LogP contribution in [-0.2, 0) is 11.2 Å². The molecule has 0 aliphatic carbocycles. The summed E-state index contributed by atoms with van der Waals surface area (Å²) >= 11 is 3.52. The summed E-state index contributed by atoms with van der Waals surface area (Å²) in [6.45, 7) is 6.01. The lowest BCUT2D eigenvalue weighted by atomic mass is 10.2. The first-order valence-corrected chi connectivity index (χ1v) is 8.62. The minimum Gasteiger partial charge on any atom is -0.342 e. The van der Waals surface area contributed by atoms with Crippen molar-refractivity contribution in [3.8, 4) is 11.3 Å². The number of aromatic nitrogens is 1. The van der Waals surface area contributed by atoms with Crippen LogP contribution < -0.4 is 0 Å². The van der Waals surface area contributed by atoms with E-state index in [9.17, 15) is 4.79 Å². The van der Waals surface area contributed by atoms with E-state index in [-0.39, 0.29) is 0 Å². The Morgan fingerprint density at radius 1 is 1.40 bits per heavy atom. The van der Waals surface area contributed by atoms with Crippen LogP contribution in [0.3, 0.4) is 0 Å². The lowest BCUT2D eigenvalue weighted by Crippen LogP contribution is -2.26. The number of thiophene rings is 1. The van der Waals surface area contributed by atoms with Crippen LogP contribution in [0.2, 0.25) is 0 Å². The van der Waals surface area contributed by atoms with E-state index in [4.69, 9.17) is 4.98 Å². The molecule has 2 aromatic heterocycles. The van der Waals surface area contributed by atoms with Gasteiger partial charge in [-0.15, -0.1) is 22.7 Å². The number of hydrogen-bond donors (Lipinski definition) is 0. The molecule has 2 aromatic rings. The van der Waals surface area contributed by atoms with Crippen LogP contribution in [-0.4, -0.2) is 28.9 Å². The predicted molar refractivity (Wildman–Crippen MR) is 84.4 cm³/mol. The van der Waals surface area contributed by atoms with Gasteiger partial charge in [0.1, 0.15) is 0 Å². The Bertz CT molecular complexity index is 630. The number of likely N-dealkylation sites (tertiary alicyclic amines) is 1. The lowest BCUT2D eigenvalue weighted by molar-refractivity contribution is -0.127. The first kappa shape index (κ1) is 13.8. The summed E-state index contributed by atoms with van der Waals surface area (Å²) in [5.41, 5.74) is 2.34. The Kier molecular flexibility index (Phi) is 3.89. The van der Waals surface area contributed by atoms with Crippen LogP contribution >= 0.6 is 22.7 Å². The van der Waals surface area contributed by atoms with E-state index in [0.29, 0.717) is 5.91 Å². The number of thiazole rings is 1. The van der Waals surface area contributed by atoms with Gasteiger partial charge >= 0.3 is 0 Å². The largest absolute Gasteiger partial charge is 0.342 e. The van der Waals surface area contributed by atoms with Crippen LogP contribution in [0.25, 0.3) is 11.3 Å². The number of nitrogens with zero attached hydrogens (tertiary/aromatic N) is 2. The molecule has 20 heavy (non-hydrogen) atoms. The summed E-state index contributed by atoms with van der Waals surface area (Å²) in [6, 6.07) is 2.21. The Morgan fingerprint density at radius 2 is 2.25 bits per heavy atom. The molecule has 1 aliphatic rings. The van der Waals surface area contributed by atoms with Crippen molar-refractivity contribution >= 4 is 28.6 Å². The summed E-state index contributed by atoms with van der Waals surface area (Å²) < 4.78 is 0. The summed E-state index contributed by atoms with van der Waals surface area (Å²) in [5.74, 6) is 0.297. The molecule has 106 valence electrons. The van der Waals surface area contributed by atoms with Gasteiger partial charge in [0.2, 0.25) is 5.91 Å². The highest BCUT2D eigenvalue weighted by atomic mass is 32.1. The Labute approximate surface area is 127 Å². The molecule has 0 spiro atoms. The topological polar surface area (TPSA) is 33.2 Å². The van der Waals surface area contributed by atoms with Gasteiger partial charge in [0, 0.05) is 46.6 Å². The average molecular weight is 306 g/mol. The molecule has 0 unspecified atom stereocenters. The van der Waals surface area contributed by atoms with Crippen molar-refractivity contribution in [1.82, 2.24) is 9.88 Å². The van der Waals surface area contributed by atoms with Crippen LogP contribution in [0.5, 0.6) is 0 Å². The standard InChI is InChI=1S/C15H18N2OS2/c1-10-8-12(11(2)20-10)13-9-19-14(16-13)5-7-17-6-3-4-15(17)18/h8-9H,3-7H2,1-2H3. The molecule has 1 aliphatic heterocycles. The van der Waals surface area contributed by atoms with E-state index in [1.165, 1.54) is 15.3 Å². The Morgan fingerprint density at radius 3 is 2.90 bits per heavy atom. The van der Waals surface area contributed by atoms with E-state index >= 15 is 0 Å². The summed E-state index contributed by atoms with van der Waals surface area (Å²) in [7, 11) is 0. The van der Waals surface area contributed by atoms with Crippen LogP contribution in [0, 0.1) is 13.8 Å². The molecule has 0 N–H and O–H groups in total. The van der Waals surface area contributed by atoms with Crippen molar-refractivity contribution in [2.75, 3.05) is 13.1 Å². The van der Waals surface area contributed by atoms with E-state index in [0.717, 1.165) is 43.1 Å². The second-order valence-electron chi connectivity index (χ2n) is 5.19. The van der Waals surface area contributed by atoms with Gasteiger partial charge in [-0.05, 0) is 26.3 Å². The fourth-order valence-corrected chi connectivity index (χ4v) is 4.33. The number of hydrogen-bond acceptors (Lipinski definition) is 4. The Hall–Kier alpha value is -1.20. The van der Waals surface area contributed by atoms with Gasteiger partial charge in [0.05, 0.1) is 10.7 Å². The van der Waals surface area contributed by atoms with E-state index in [2.05, 4.69) is 25.3 Å². The fraction of sp³-hybridized carbons (Fsp3) is 0.467. The molecule has 3 rings (SSSR count). The van der Waals surface area contributed by atoms with Crippen molar-refractivity contribution in [3.63, 3.8) is 0 Å². The number of carbonyl (C=O) groups is 1. The molecule has 5 heteroatoms. The first-order chi connectivity index (χ1) is 9.63. The second kappa shape index (κ2) is 5.66. The molecule has 1 fully saturated rings. The normalized spacial score (nSPS) is 15.3. The van der Waals surface area contributed by atoms with E-state index < -0.39 is 0 Å². The molecular weight excluding hydrogens is 288 g/mol. The molecule has 1 saturated heterocycles. The third-order valence-corrected chi connectivity index (χ3v) is 5.51. The fourth-order valence-electron chi connectivity index (χ4n) is 2.61. The zero-order valence-electron chi connectivity index (χ0n) is 11.8.